The number of benzene rings is 2. The molecule has 4 nitrogen and oxygen atoms in total. The average molecular weight is 455 g/mol. The van der Waals surface area contributed by atoms with Gasteiger partial charge in [0, 0.05) is 35.0 Å². The van der Waals surface area contributed by atoms with Crippen LogP contribution in [0.5, 0.6) is 0 Å². The van der Waals surface area contributed by atoms with E-state index < -0.39 is 17.7 Å². The highest BCUT2D eigenvalue weighted by atomic mass is 35.5. The lowest BCUT2D eigenvalue weighted by atomic mass is 10.1. The molecule has 2 rings (SSSR count). The molecule has 0 fully saturated rings. The van der Waals surface area contributed by atoms with Gasteiger partial charge in [0.15, 0.2) is 0 Å². The van der Waals surface area contributed by atoms with E-state index in [1.807, 2.05) is 6.92 Å². The SMILES string of the molecule is CCCNC(=O)[C@@H](C)N(Cc1ccccc1F)C(=O)CSCc1c(F)cccc1Cl. The normalized spacial score (nSPS) is 11.8. The largest absolute Gasteiger partial charge is 0.354 e. The van der Waals surface area contributed by atoms with Crippen LogP contribution in [0, 0.1) is 11.6 Å². The van der Waals surface area contributed by atoms with Crippen molar-refractivity contribution < 1.29 is 18.4 Å². The minimum atomic E-state index is -0.777. The van der Waals surface area contributed by atoms with Gasteiger partial charge in [-0.2, -0.15) is 0 Å². The predicted octanol–water partition coefficient (Wildman–Crippen LogP) is 4.79. The van der Waals surface area contributed by atoms with Gasteiger partial charge in [-0.1, -0.05) is 42.8 Å². The maximum absolute atomic E-state index is 14.1. The molecular weight excluding hydrogens is 430 g/mol. The van der Waals surface area contributed by atoms with Crippen molar-refractivity contribution in [2.75, 3.05) is 12.3 Å². The zero-order valence-electron chi connectivity index (χ0n) is 17.0. The summed E-state index contributed by atoms with van der Waals surface area (Å²) in [6.07, 6.45) is 0.763. The van der Waals surface area contributed by atoms with Gasteiger partial charge in [0.25, 0.3) is 0 Å². The summed E-state index contributed by atoms with van der Waals surface area (Å²) in [6, 6.07) is 9.79. The van der Waals surface area contributed by atoms with E-state index >= 15 is 0 Å². The number of halogens is 3. The lowest BCUT2D eigenvalue weighted by Gasteiger charge is -2.29. The molecule has 2 aromatic rings. The molecule has 0 radical (unpaired) electrons. The van der Waals surface area contributed by atoms with Gasteiger partial charge in [-0.15, -0.1) is 11.8 Å². The Balaban J connectivity index is 2.11. The number of hydrogen-bond donors (Lipinski definition) is 1. The van der Waals surface area contributed by atoms with Crippen LogP contribution in [0.2, 0.25) is 5.02 Å². The Morgan fingerprint density at radius 1 is 1.13 bits per heavy atom. The summed E-state index contributed by atoms with van der Waals surface area (Å²) in [4.78, 5) is 26.7. The summed E-state index contributed by atoms with van der Waals surface area (Å²) in [5, 5.41) is 3.06. The number of nitrogens with zero attached hydrogens (tertiary/aromatic N) is 1. The minimum absolute atomic E-state index is 0.00448. The first-order chi connectivity index (χ1) is 14.3. The molecule has 1 atom stereocenters. The summed E-state index contributed by atoms with van der Waals surface area (Å²) in [5.74, 6) is -1.30. The second-order valence-electron chi connectivity index (χ2n) is 6.77. The van der Waals surface area contributed by atoms with Gasteiger partial charge >= 0.3 is 0 Å². The first-order valence-electron chi connectivity index (χ1n) is 9.66. The average Bonchev–Trinajstić information content (AvgIpc) is 2.72. The summed E-state index contributed by atoms with van der Waals surface area (Å²) in [6.45, 7) is 4.00. The standard InChI is InChI=1S/C22H25ClF2N2O2S/c1-3-11-26-22(29)15(2)27(12-16-7-4-5-9-19(16)24)21(28)14-30-13-17-18(23)8-6-10-20(17)25/h4-10,15H,3,11-14H2,1-2H3,(H,26,29)/t15-/m1/s1. The van der Waals surface area contributed by atoms with Gasteiger partial charge in [0.05, 0.1) is 5.75 Å². The lowest BCUT2D eigenvalue weighted by Crippen LogP contribution is -2.48. The molecule has 0 heterocycles. The number of carbonyl (C=O) groups is 2. The minimum Gasteiger partial charge on any atom is -0.354 e. The predicted molar refractivity (Wildman–Crippen MR) is 117 cm³/mol. The van der Waals surface area contributed by atoms with Crippen LogP contribution in [-0.2, 0) is 21.9 Å². The van der Waals surface area contributed by atoms with Crippen molar-refractivity contribution in [2.24, 2.45) is 0 Å². The van der Waals surface area contributed by atoms with Crippen molar-refractivity contribution >= 4 is 35.2 Å². The summed E-state index contributed by atoms with van der Waals surface area (Å²) >= 11 is 7.22. The zero-order valence-corrected chi connectivity index (χ0v) is 18.5. The van der Waals surface area contributed by atoms with Crippen molar-refractivity contribution in [1.82, 2.24) is 10.2 Å². The molecule has 2 amide bonds. The molecular formula is C22H25ClF2N2O2S. The van der Waals surface area contributed by atoms with E-state index in [4.69, 9.17) is 11.6 Å². The van der Waals surface area contributed by atoms with Crippen molar-refractivity contribution in [1.29, 1.82) is 0 Å². The van der Waals surface area contributed by atoms with Gasteiger partial charge in [0.1, 0.15) is 17.7 Å². The molecule has 0 saturated carbocycles. The summed E-state index contributed by atoms with van der Waals surface area (Å²) < 4.78 is 28.1. The van der Waals surface area contributed by atoms with Crippen molar-refractivity contribution in [3.05, 3.63) is 70.2 Å². The number of hydrogen-bond acceptors (Lipinski definition) is 3. The van der Waals surface area contributed by atoms with Crippen LogP contribution < -0.4 is 5.32 Å². The Labute approximate surface area is 185 Å². The van der Waals surface area contributed by atoms with Crippen LogP contribution in [0.3, 0.4) is 0 Å². The molecule has 0 aromatic heterocycles. The van der Waals surface area contributed by atoms with E-state index in [9.17, 15) is 18.4 Å². The second-order valence-corrected chi connectivity index (χ2v) is 8.17. The molecule has 2 aromatic carbocycles. The van der Waals surface area contributed by atoms with Crippen LogP contribution in [0.25, 0.3) is 0 Å². The number of rotatable bonds is 10. The molecule has 162 valence electrons. The highest BCUT2D eigenvalue weighted by molar-refractivity contribution is 7.99. The maximum Gasteiger partial charge on any atom is 0.242 e. The Bertz CT molecular complexity index is 862. The highest BCUT2D eigenvalue weighted by Crippen LogP contribution is 2.24. The topological polar surface area (TPSA) is 49.4 Å². The third-order valence-corrected chi connectivity index (χ3v) is 5.85. The van der Waals surface area contributed by atoms with Gasteiger partial charge in [-0.3, -0.25) is 9.59 Å². The summed E-state index contributed by atoms with van der Waals surface area (Å²) in [5.41, 5.74) is 0.648. The van der Waals surface area contributed by atoms with Crippen LogP contribution >= 0.6 is 23.4 Å². The third-order valence-electron chi connectivity index (χ3n) is 4.55. The van der Waals surface area contributed by atoms with Gasteiger partial charge < -0.3 is 10.2 Å². The zero-order chi connectivity index (χ0) is 22.1. The van der Waals surface area contributed by atoms with E-state index in [1.165, 1.54) is 34.9 Å². The molecule has 0 saturated heterocycles. The number of thioether (sulfide) groups is 1. The second kappa shape index (κ2) is 11.9. The van der Waals surface area contributed by atoms with E-state index in [2.05, 4.69) is 5.32 Å². The number of carbonyl (C=O) groups excluding carboxylic acids is 2. The molecule has 30 heavy (non-hydrogen) atoms. The van der Waals surface area contributed by atoms with Crippen molar-refractivity contribution in [3.63, 3.8) is 0 Å². The van der Waals surface area contributed by atoms with E-state index in [0.29, 0.717) is 22.7 Å². The van der Waals surface area contributed by atoms with Crippen molar-refractivity contribution in [2.45, 2.75) is 38.6 Å². The lowest BCUT2D eigenvalue weighted by molar-refractivity contribution is -0.138. The Morgan fingerprint density at radius 3 is 2.50 bits per heavy atom. The maximum atomic E-state index is 14.1. The van der Waals surface area contributed by atoms with Crippen LogP contribution in [-0.4, -0.2) is 35.1 Å². The molecule has 8 heteroatoms. The van der Waals surface area contributed by atoms with Crippen LogP contribution in [0.4, 0.5) is 8.78 Å². The number of amides is 2. The summed E-state index contributed by atoms with van der Waals surface area (Å²) in [7, 11) is 0. The molecule has 0 aliphatic rings. The molecule has 0 spiro atoms. The fraction of sp³-hybridized carbons (Fsp3) is 0.364. The van der Waals surface area contributed by atoms with Crippen molar-refractivity contribution in [3.8, 4) is 0 Å². The van der Waals surface area contributed by atoms with Crippen LogP contribution in [0.1, 0.15) is 31.4 Å². The first-order valence-corrected chi connectivity index (χ1v) is 11.2. The van der Waals surface area contributed by atoms with Gasteiger partial charge in [-0.25, -0.2) is 8.78 Å². The Kier molecular flexibility index (Phi) is 9.59. The molecule has 0 unspecified atom stereocenters. The molecule has 0 aliphatic heterocycles. The monoisotopic (exact) mass is 454 g/mol. The molecule has 0 aliphatic carbocycles. The molecule has 0 bridgehead atoms. The third kappa shape index (κ3) is 6.71. The quantitative estimate of drug-likeness (QED) is 0.561. The fourth-order valence-electron chi connectivity index (χ4n) is 2.78. The highest BCUT2D eigenvalue weighted by Gasteiger charge is 2.26. The van der Waals surface area contributed by atoms with E-state index in [1.54, 1.807) is 31.2 Å². The fourth-order valence-corrected chi connectivity index (χ4v) is 4.03. The smallest absolute Gasteiger partial charge is 0.242 e. The Hall–Kier alpha value is -2.12. The van der Waals surface area contributed by atoms with E-state index in [-0.39, 0.29) is 29.9 Å². The van der Waals surface area contributed by atoms with Gasteiger partial charge in [0.2, 0.25) is 11.8 Å². The Morgan fingerprint density at radius 2 is 1.83 bits per heavy atom. The van der Waals surface area contributed by atoms with Gasteiger partial charge in [-0.05, 0) is 31.5 Å². The molecule has 1 N–H and O–H groups in total. The first kappa shape index (κ1) is 24.2. The number of nitrogens with one attached hydrogen (secondary N) is 1. The van der Waals surface area contributed by atoms with Crippen LogP contribution in [0.15, 0.2) is 42.5 Å². The van der Waals surface area contributed by atoms with E-state index in [0.717, 1.165) is 6.42 Å².